The number of aromatic nitrogens is 3. The largest absolute Gasteiger partial charge is 0.469 e. The third-order valence-electron chi connectivity index (χ3n) is 5.10. The smallest absolute Gasteiger partial charge is 0.237 e. The molecule has 0 radical (unpaired) electrons. The molecule has 1 aromatic carbocycles. The van der Waals surface area contributed by atoms with Crippen LogP contribution in [0.3, 0.4) is 0 Å². The van der Waals surface area contributed by atoms with Crippen molar-refractivity contribution in [2.75, 3.05) is 36.5 Å². The Labute approximate surface area is 179 Å². The van der Waals surface area contributed by atoms with Gasteiger partial charge < -0.3 is 23.9 Å². The van der Waals surface area contributed by atoms with Crippen LogP contribution in [-0.2, 0) is 16.6 Å². The van der Waals surface area contributed by atoms with Gasteiger partial charge in [-0.2, -0.15) is 0 Å². The van der Waals surface area contributed by atoms with Crippen molar-refractivity contribution in [2.45, 2.75) is 24.3 Å². The highest BCUT2D eigenvalue weighted by molar-refractivity contribution is 8.00. The summed E-state index contributed by atoms with van der Waals surface area (Å²) in [6.07, 6.45) is 1.63. The summed E-state index contributed by atoms with van der Waals surface area (Å²) in [5, 5.41) is 11.8. The number of carbonyl (C=O) groups excluding carboxylic acids is 1. The molecule has 0 bridgehead atoms. The first-order valence-electron chi connectivity index (χ1n) is 9.87. The Kier molecular flexibility index (Phi) is 6.10. The molecular formula is C21H25N5O3S. The zero-order valence-electron chi connectivity index (χ0n) is 17.3. The Morgan fingerprint density at radius 3 is 2.57 bits per heavy atom. The molecule has 1 unspecified atom stereocenters. The molecule has 1 amide bonds. The van der Waals surface area contributed by atoms with E-state index in [0.29, 0.717) is 5.16 Å². The lowest BCUT2D eigenvalue weighted by Gasteiger charge is -2.28. The summed E-state index contributed by atoms with van der Waals surface area (Å²) in [5.74, 6) is 1.42. The maximum atomic E-state index is 12.7. The molecule has 1 atom stereocenters. The first-order chi connectivity index (χ1) is 14.5. The molecule has 8 nitrogen and oxygen atoms in total. The van der Waals surface area contributed by atoms with Crippen molar-refractivity contribution in [2.24, 2.45) is 7.05 Å². The van der Waals surface area contributed by atoms with Crippen molar-refractivity contribution in [3.63, 3.8) is 0 Å². The molecule has 2 aromatic heterocycles. The van der Waals surface area contributed by atoms with Gasteiger partial charge in [0.05, 0.1) is 30.3 Å². The van der Waals surface area contributed by atoms with Crippen LogP contribution >= 0.6 is 11.8 Å². The van der Waals surface area contributed by atoms with Gasteiger partial charge in [-0.05, 0) is 44.2 Å². The Bertz CT molecular complexity index is 1010. The van der Waals surface area contributed by atoms with Crippen LogP contribution in [0, 0.1) is 6.92 Å². The van der Waals surface area contributed by atoms with Crippen LogP contribution in [0.1, 0.15) is 12.7 Å². The number of rotatable bonds is 6. The molecule has 3 heterocycles. The topological polar surface area (TPSA) is 85.4 Å². The maximum Gasteiger partial charge on any atom is 0.237 e. The number of nitrogens with one attached hydrogen (secondary N) is 1. The van der Waals surface area contributed by atoms with Gasteiger partial charge in [0.1, 0.15) is 5.76 Å². The molecule has 0 saturated carbocycles. The molecule has 9 heteroatoms. The molecule has 30 heavy (non-hydrogen) atoms. The molecule has 4 rings (SSSR count). The molecule has 0 aliphatic carbocycles. The van der Waals surface area contributed by atoms with Crippen molar-refractivity contribution in [1.82, 2.24) is 14.8 Å². The van der Waals surface area contributed by atoms with E-state index >= 15 is 0 Å². The van der Waals surface area contributed by atoms with Crippen molar-refractivity contribution in [1.29, 1.82) is 0 Å². The van der Waals surface area contributed by atoms with E-state index in [-0.39, 0.29) is 11.2 Å². The van der Waals surface area contributed by atoms with Crippen molar-refractivity contribution >= 4 is 29.0 Å². The average Bonchev–Trinajstić information content (AvgIpc) is 3.34. The Morgan fingerprint density at radius 1 is 1.17 bits per heavy atom. The summed E-state index contributed by atoms with van der Waals surface area (Å²) in [4.78, 5) is 15.0. The van der Waals surface area contributed by atoms with Crippen molar-refractivity contribution in [3.05, 3.63) is 42.4 Å². The normalized spacial score (nSPS) is 15.2. The van der Waals surface area contributed by atoms with Gasteiger partial charge in [-0.25, -0.2) is 0 Å². The summed E-state index contributed by atoms with van der Waals surface area (Å²) in [6, 6.07) is 9.79. The van der Waals surface area contributed by atoms with Crippen LogP contribution < -0.4 is 10.2 Å². The number of amides is 1. The van der Waals surface area contributed by atoms with E-state index in [2.05, 4.69) is 20.4 Å². The number of anilines is 2. The van der Waals surface area contributed by atoms with Crippen LogP contribution in [-0.4, -0.2) is 52.2 Å². The lowest BCUT2D eigenvalue weighted by molar-refractivity contribution is -0.115. The van der Waals surface area contributed by atoms with E-state index in [0.717, 1.165) is 54.8 Å². The van der Waals surface area contributed by atoms with Gasteiger partial charge in [0.2, 0.25) is 5.91 Å². The number of furan rings is 1. The highest BCUT2D eigenvalue weighted by Crippen LogP contribution is 2.28. The monoisotopic (exact) mass is 427 g/mol. The third kappa shape index (κ3) is 4.36. The predicted octanol–water partition coefficient (Wildman–Crippen LogP) is 3.34. The molecule has 1 aliphatic rings. The summed E-state index contributed by atoms with van der Waals surface area (Å²) in [5.41, 5.74) is 2.81. The number of ether oxygens (including phenoxy) is 1. The predicted molar refractivity (Wildman–Crippen MR) is 117 cm³/mol. The molecule has 1 saturated heterocycles. The lowest BCUT2D eigenvalue weighted by atomic mass is 10.2. The summed E-state index contributed by atoms with van der Waals surface area (Å²) in [7, 11) is 1.89. The quantitative estimate of drug-likeness (QED) is 0.604. The Morgan fingerprint density at radius 2 is 1.90 bits per heavy atom. The summed E-state index contributed by atoms with van der Waals surface area (Å²) >= 11 is 1.37. The number of benzene rings is 1. The first-order valence-corrected chi connectivity index (χ1v) is 10.7. The summed E-state index contributed by atoms with van der Waals surface area (Å²) in [6.45, 7) is 7.01. The first kappa shape index (κ1) is 20.5. The van der Waals surface area contributed by atoms with Crippen LogP contribution in [0.15, 0.2) is 46.2 Å². The standard InChI is InChI=1S/C21H25N5O3S/c1-14-18(8-11-29-14)19-23-24-21(25(19)3)30-15(2)20(27)22-16-4-6-17(7-5-16)26-9-12-28-13-10-26/h4-8,11,15H,9-10,12-13H2,1-3H3,(H,22,27). The summed E-state index contributed by atoms with van der Waals surface area (Å²) < 4.78 is 12.6. The molecule has 1 N–H and O–H groups in total. The highest BCUT2D eigenvalue weighted by atomic mass is 32.2. The SMILES string of the molecule is Cc1occc1-c1nnc(SC(C)C(=O)Nc2ccc(N3CCOCC3)cc2)n1C. The zero-order valence-corrected chi connectivity index (χ0v) is 18.1. The third-order valence-corrected chi connectivity index (χ3v) is 6.23. The number of nitrogens with zero attached hydrogens (tertiary/aromatic N) is 4. The van der Waals surface area contributed by atoms with Crippen LogP contribution in [0.25, 0.3) is 11.4 Å². The van der Waals surface area contributed by atoms with Gasteiger partial charge in [-0.15, -0.1) is 10.2 Å². The lowest BCUT2D eigenvalue weighted by Crippen LogP contribution is -2.36. The second-order valence-corrected chi connectivity index (χ2v) is 8.46. The molecule has 1 aliphatic heterocycles. The highest BCUT2D eigenvalue weighted by Gasteiger charge is 2.21. The van der Waals surface area contributed by atoms with Crippen molar-refractivity contribution < 1.29 is 13.9 Å². The van der Waals surface area contributed by atoms with Crippen molar-refractivity contribution in [3.8, 4) is 11.4 Å². The second-order valence-electron chi connectivity index (χ2n) is 7.15. The molecule has 3 aromatic rings. The second kappa shape index (κ2) is 8.93. The number of hydrogen-bond donors (Lipinski definition) is 1. The van der Waals surface area contributed by atoms with Gasteiger partial charge in [0.15, 0.2) is 11.0 Å². The van der Waals surface area contributed by atoms with E-state index in [4.69, 9.17) is 9.15 Å². The minimum Gasteiger partial charge on any atom is -0.469 e. The van der Waals surface area contributed by atoms with E-state index in [1.165, 1.54) is 11.8 Å². The van der Waals surface area contributed by atoms with E-state index in [1.807, 2.05) is 55.8 Å². The Balaban J connectivity index is 1.37. The molecule has 1 fully saturated rings. The van der Waals surface area contributed by atoms with E-state index in [9.17, 15) is 4.79 Å². The maximum absolute atomic E-state index is 12.7. The number of carbonyl (C=O) groups is 1. The number of thioether (sulfide) groups is 1. The van der Waals surface area contributed by atoms with Gasteiger partial charge in [-0.1, -0.05) is 11.8 Å². The fourth-order valence-electron chi connectivity index (χ4n) is 3.30. The van der Waals surface area contributed by atoms with Gasteiger partial charge in [0.25, 0.3) is 0 Å². The van der Waals surface area contributed by atoms with E-state index < -0.39 is 0 Å². The fourth-order valence-corrected chi connectivity index (χ4v) is 4.12. The van der Waals surface area contributed by atoms with Crippen LogP contribution in [0.4, 0.5) is 11.4 Å². The Hall–Kier alpha value is -2.78. The minimum absolute atomic E-state index is 0.0804. The van der Waals surface area contributed by atoms with Gasteiger partial charge in [-0.3, -0.25) is 4.79 Å². The number of aryl methyl sites for hydroxylation is 1. The molecule has 158 valence electrons. The zero-order chi connectivity index (χ0) is 21.1. The molecule has 0 spiro atoms. The minimum atomic E-state index is -0.329. The van der Waals surface area contributed by atoms with E-state index in [1.54, 1.807) is 6.26 Å². The number of morpholine rings is 1. The average molecular weight is 428 g/mol. The number of hydrogen-bond acceptors (Lipinski definition) is 7. The molecular weight excluding hydrogens is 402 g/mol. The van der Waals surface area contributed by atoms with Crippen LogP contribution in [0.2, 0.25) is 0 Å². The van der Waals surface area contributed by atoms with Crippen LogP contribution in [0.5, 0.6) is 0 Å². The van der Waals surface area contributed by atoms with Gasteiger partial charge in [0, 0.05) is 31.5 Å². The van der Waals surface area contributed by atoms with Gasteiger partial charge >= 0.3 is 0 Å². The fraction of sp³-hybridized carbons (Fsp3) is 0.381.